The molecule has 1 nitrogen and oxygen atoms in total. The lowest BCUT2D eigenvalue weighted by atomic mass is 9.92. The number of hydrogen-bond acceptors (Lipinski definition) is 1. The van der Waals surface area contributed by atoms with Crippen LogP contribution in [0.3, 0.4) is 0 Å². The van der Waals surface area contributed by atoms with Gasteiger partial charge in [-0.25, -0.2) is 0 Å². The maximum atomic E-state index is 11.7. The Bertz CT molecular complexity index is 143. The van der Waals surface area contributed by atoms with Gasteiger partial charge >= 0.3 is 6.18 Å². The molecule has 0 fully saturated rings. The fraction of sp³-hybridized carbons (Fsp3) is 1.00. The Labute approximate surface area is 84.8 Å². The van der Waals surface area contributed by atoms with E-state index in [0.29, 0.717) is 5.33 Å². The van der Waals surface area contributed by atoms with E-state index in [1.807, 2.05) is 13.8 Å². The summed E-state index contributed by atoms with van der Waals surface area (Å²) in [5, 5.41) is 0.647. The van der Waals surface area contributed by atoms with Crippen molar-refractivity contribution in [1.82, 2.24) is 0 Å². The van der Waals surface area contributed by atoms with Gasteiger partial charge in [-0.2, -0.15) is 13.2 Å². The Kier molecular flexibility index (Phi) is 5.29. The van der Waals surface area contributed by atoms with E-state index in [0.717, 1.165) is 6.42 Å². The van der Waals surface area contributed by atoms with Crippen LogP contribution in [0, 0.1) is 5.41 Å². The van der Waals surface area contributed by atoms with Crippen LogP contribution in [-0.2, 0) is 4.74 Å². The molecule has 13 heavy (non-hydrogen) atoms. The van der Waals surface area contributed by atoms with Crippen LogP contribution in [-0.4, -0.2) is 24.7 Å². The average Bonchev–Trinajstić information content (AvgIpc) is 2.02. The number of ether oxygens (including phenoxy) is 1. The second-order valence-electron chi connectivity index (χ2n) is 3.41. The predicted molar refractivity (Wildman–Crippen MR) is 49.1 cm³/mol. The Morgan fingerprint density at radius 1 is 1.23 bits per heavy atom. The largest absolute Gasteiger partial charge is 0.411 e. The highest BCUT2D eigenvalue weighted by atomic mass is 79.9. The SMILES string of the molecule is CCC(C)(CBr)COCC(F)(F)F. The molecule has 0 saturated carbocycles. The Hall–Kier alpha value is 0.230. The van der Waals surface area contributed by atoms with Crippen LogP contribution in [0.1, 0.15) is 20.3 Å². The summed E-state index contributed by atoms with van der Waals surface area (Å²) >= 11 is 3.25. The van der Waals surface area contributed by atoms with E-state index in [1.165, 1.54) is 0 Å². The van der Waals surface area contributed by atoms with Crippen molar-refractivity contribution in [1.29, 1.82) is 0 Å². The molecule has 0 aromatic rings. The standard InChI is InChI=1S/C8H14BrF3O/c1-3-7(2,4-9)5-13-6-8(10,11)12/h3-6H2,1-2H3. The third-order valence-electron chi connectivity index (χ3n) is 1.89. The molecule has 0 N–H and O–H groups in total. The van der Waals surface area contributed by atoms with Gasteiger partial charge in [0.2, 0.25) is 0 Å². The topological polar surface area (TPSA) is 9.23 Å². The van der Waals surface area contributed by atoms with Crippen LogP contribution >= 0.6 is 15.9 Å². The Balaban J connectivity index is 3.74. The third-order valence-corrected chi connectivity index (χ3v) is 3.25. The van der Waals surface area contributed by atoms with Gasteiger partial charge in [0.15, 0.2) is 0 Å². The number of rotatable bonds is 5. The summed E-state index contributed by atoms with van der Waals surface area (Å²) in [6.45, 7) is 2.79. The van der Waals surface area contributed by atoms with Gasteiger partial charge in [-0.3, -0.25) is 0 Å². The monoisotopic (exact) mass is 262 g/mol. The number of halogens is 4. The maximum absolute atomic E-state index is 11.7. The van der Waals surface area contributed by atoms with E-state index in [1.54, 1.807) is 0 Å². The lowest BCUT2D eigenvalue weighted by Gasteiger charge is -2.25. The van der Waals surface area contributed by atoms with Crippen molar-refractivity contribution in [3.8, 4) is 0 Å². The zero-order valence-electron chi connectivity index (χ0n) is 7.75. The molecule has 0 aliphatic heterocycles. The summed E-state index contributed by atoms with van der Waals surface area (Å²) in [6, 6.07) is 0. The van der Waals surface area contributed by atoms with E-state index < -0.39 is 12.8 Å². The molecule has 0 aromatic carbocycles. The molecule has 0 radical (unpaired) electrons. The first kappa shape index (κ1) is 13.2. The summed E-state index contributed by atoms with van der Waals surface area (Å²) < 4.78 is 39.7. The Morgan fingerprint density at radius 3 is 2.08 bits per heavy atom. The molecule has 0 amide bonds. The summed E-state index contributed by atoms with van der Waals surface area (Å²) in [5.74, 6) is 0. The van der Waals surface area contributed by atoms with Gasteiger partial charge in [-0.05, 0) is 6.42 Å². The lowest BCUT2D eigenvalue weighted by molar-refractivity contribution is -0.179. The molecule has 0 saturated heterocycles. The van der Waals surface area contributed by atoms with Gasteiger partial charge in [0, 0.05) is 10.7 Å². The first-order chi connectivity index (χ1) is 5.83. The second kappa shape index (κ2) is 5.20. The third kappa shape index (κ3) is 6.32. The van der Waals surface area contributed by atoms with E-state index in [4.69, 9.17) is 0 Å². The minimum absolute atomic E-state index is 0.133. The molecule has 0 heterocycles. The van der Waals surface area contributed by atoms with Gasteiger partial charge in [0.1, 0.15) is 6.61 Å². The second-order valence-corrected chi connectivity index (χ2v) is 3.97. The summed E-state index contributed by atoms with van der Waals surface area (Å²) in [6.07, 6.45) is -3.43. The normalized spacial score (nSPS) is 17.1. The maximum Gasteiger partial charge on any atom is 0.411 e. The molecular weight excluding hydrogens is 249 g/mol. The molecule has 0 aliphatic carbocycles. The molecule has 1 atom stereocenters. The van der Waals surface area contributed by atoms with Crippen LogP contribution in [0.25, 0.3) is 0 Å². The molecule has 0 aliphatic rings. The molecule has 5 heteroatoms. The van der Waals surface area contributed by atoms with Crippen molar-refractivity contribution in [3.05, 3.63) is 0 Å². The highest BCUT2D eigenvalue weighted by molar-refractivity contribution is 9.09. The minimum atomic E-state index is -4.22. The van der Waals surface area contributed by atoms with Crippen LogP contribution in [0.15, 0.2) is 0 Å². The van der Waals surface area contributed by atoms with E-state index >= 15 is 0 Å². The van der Waals surface area contributed by atoms with Crippen LogP contribution in [0.2, 0.25) is 0 Å². The van der Waals surface area contributed by atoms with Crippen molar-refractivity contribution in [3.63, 3.8) is 0 Å². The van der Waals surface area contributed by atoms with Crippen LogP contribution < -0.4 is 0 Å². The van der Waals surface area contributed by atoms with Crippen molar-refractivity contribution in [2.75, 3.05) is 18.5 Å². The van der Waals surface area contributed by atoms with Gasteiger partial charge < -0.3 is 4.74 Å². The molecule has 1 unspecified atom stereocenters. The van der Waals surface area contributed by atoms with Gasteiger partial charge in [-0.1, -0.05) is 29.8 Å². The first-order valence-electron chi connectivity index (χ1n) is 4.03. The molecule has 0 aromatic heterocycles. The fourth-order valence-electron chi connectivity index (χ4n) is 0.648. The van der Waals surface area contributed by atoms with Crippen molar-refractivity contribution in [2.45, 2.75) is 26.4 Å². The Morgan fingerprint density at radius 2 is 1.77 bits per heavy atom. The van der Waals surface area contributed by atoms with E-state index in [-0.39, 0.29) is 12.0 Å². The zero-order chi connectivity index (χ0) is 10.5. The van der Waals surface area contributed by atoms with Crippen molar-refractivity contribution in [2.24, 2.45) is 5.41 Å². The van der Waals surface area contributed by atoms with E-state index in [9.17, 15) is 13.2 Å². The van der Waals surface area contributed by atoms with Crippen molar-refractivity contribution < 1.29 is 17.9 Å². The average molecular weight is 263 g/mol. The summed E-state index contributed by atoms with van der Waals surface area (Å²) in [7, 11) is 0. The van der Waals surface area contributed by atoms with Gasteiger partial charge in [0.05, 0.1) is 6.61 Å². The van der Waals surface area contributed by atoms with Gasteiger partial charge in [0.25, 0.3) is 0 Å². The summed E-state index contributed by atoms with van der Waals surface area (Å²) in [4.78, 5) is 0. The minimum Gasteiger partial charge on any atom is -0.371 e. The van der Waals surface area contributed by atoms with E-state index in [2.05, 4.69) is 20.7 Å². The predicted octanol–water partition coefficient (Wildman–Crippen LogP) is 3.38. The van der Waals surface area contributed by atoms with Crippen LogP contribution in [0.5, 0.6) is 0 Å². The molecule has 80 valence electrons. The molecule has 0 bridgehead atoms. The quantitative estimate of drug-likeness (QED) is 0.691. The smallest absolute Gasteiger partial charge is 0.371 e. The number of alkyl halides is 4. The first-order valence-corrected chi connectivity index (χ1v) is 5.15. The zero-order valence-corrected chi connectivity index (χ0v) is 9.33. The highest BCUT2D eigenvalue weighted by Crippen LogP contribution is 2.25. The molecular formula is C8H14BrF3O. The summed E-state index contributed by atoms with van der Waals surface area (Å²) in [5.41, 5.74) is -0.203. The number of hydrogen-bond donors (Lipinski definition) is 0. The van der Waals surface area contributed by atoms with Crippen molar-refractivity contribution >= 4 is 15.9 Å². The molecule has 0 rings (SSSR count). The highest BCUT2D eigenvalue weighted by Gasteiger charge is 2.29. The lowest BCUT2D eigenvalue weighted by Crippen LogP contribution is -2.27. The molecule has 0 spiro atoms. The fourth-order valence-corrected chi connectivity index (χ4v) is 1.21. The van der Waals surface area contributed by atoms with Crippen LogP contribution in [0.4, 0.5) is 13.2 Å². The van der Waals surface area contributed by atoms with Gasteiger partial charge in [-0.15, -0.1) is 0 Å².